The Hall–Kier alpha value is -3.09. The van der Waals surface area contributed by atoms with E-state index < -0.39 is 30.2 Å². The van der Waals surface area contributed by atoms with Gasteiger partial charge in [-0.1, -0.05) is 30.3 Å². The van der Waals surface area contributed by atoms with Gasteiger partial charge in [0.2, 0.25) is 0 Å². The van der Waals surface area contributed by atoms with E-state index in [1.165, 1.54) is 18.2 Å². The van der Waals surface area contributed by atoms with Crippen molar-refractivity contribution in [1.29, 1.82) is 0 Å². The number of esters is 1. The third kappa shape index (κ3) is 6.78. The van der Waals surface area contributed by atoms with Crippen LogP contribution >= 0.6 is 0 Å². The first-order valence-corrected chi connectivity index (χ1v) is 8.95. The number of rotatable bonds is 6. The molecule has 29 heavy (non-hydrogen) atoms. The van der Waals surface area contributed by atoms with Crippen LogP contribution in [0, 0.1) is 13.8 Å². The monoisotopic (exact) mass is 405 g/mol. The maximum atomic E-state index is 12.5. The molecule has 1 amide bonds. The molecular formula is C22H22F3NO3. The number of carbonyl (C=O) groups is 2. The number of amides is 1. The van der Waals surface area contributed by atoms with Crippen molar-refractivity contribution in [1.82, 2.24) is 5.32 Å². The normalized spacial score (nSPS) is 12.6. The Labute approximate surface area is 167 Å². The highest BCUT2D eigenvalue weighted by atomic mass is 19.4. The molecule has 1 atom stereocenters. The minimum absolute atomic E-state index is 0.247. The molecule has 2 rings (SSSR count). The van der Waals surface area contributed by atoms with Gasteiger partial charge >= 0.3 is 12.1 Å². The van der Waals surface area contributed by atoms with Gasteiger partial charge in [-0.05, 0) is 61.2 Å². The SMILES string of the molecule is Cc1ccc([C@@H](C)NC(=O)COC(=O)/C=C/c2ccc(C(F)(F)F)cc2)cc1C. The zero-order valence-electron chi connectivity index (χ0n) is 16.3. The first-order valence-electron chi connectivity index (χ1n) is 8.95. The van der Waals surface area contributed by atoms with Gasteiger partial charge in [0, 0.05) is 6.08 Å². The van der Waals surface area contributed by atoms with Crippen LogP contribution in [0.4, 0.5) is 13.2 Å². The fraction of sp³-hybridized carbons (Fsp3) is 0.273. The first kappa shape index (κ1) is 22.2. The topological polar surface area (TPSA) is 55.4 Å². The predicted molar refractivity (Wildman–Crippen MR) is 104 cm³/mol. The van der Waals surface area contributed by atoms with E-state index >= 15 is 0 Å². The number of alkyl halides is 3. The van der Waals surface area contributed by atoms with Crippen LogP contribution in [0.15, 0.2) is 48.5 Å². The van der Waals surface area contributed by atoms with Gasteiger partial charge in [0.25, 0.3) is 5.91 Å². The Morgan fingerprint density at radius 2 is 1.72 bits per heavy atom. The van der Waals surface area contributed by atoms with Crippen molar-refractivity contribution < 1.29 is 27.5 Å². The Kier molecular flexibility index (Phi) is 7.20. The average molecular weight is 405 g/mol. The van der Waals surface area contributed by atoms with Gasteiger partial charge in [0.05, 0.1) is 11.6 Å². The van der Waals surface area contributed by atoms with E-state index in [1.54, 1.807) is 0 Å². The Balaban J connectivity index is 1.82. The fourth-order valence-corrected chi connectivity index (χ4v) is 2.53. The molecule has 4 nitrogen and oxygen atoms in total. The van der Waals surface area contributed by atoms with Gasteiger partial charge in [0.1, 0.15) is 0 Å². The summed E-state index contributed by atoms with van der Waals surface area (Å²) in [6.45, 7) is 5.36. The summed E-state index contributed by atoms with van der Waals surface area (Å²) in [4.78, 5) is 23.7. The molecule has 0 aliphatic carbocycles. The molecule has 7 heteroatoms. The molecule has 0 unspecified atom stereocenters. The van der Waals surface area contributed by atoms with Gasteiger partial charge in [-0.3, -0.25) is 4.79 Å². The minimum atomic E-state index is -4.41. The molecule has 154 valence electrons. The van der Waals surface area contributed by atoms with Gasteiger partial charge in [-0.2, -0.15) is 13.2 Å². The number of benzene rings is 2. The quantitative estimate of drug-likeness (QED) is 0.557. The highest BCUT2D eigenvalue weighted by Gasteiger charge is 2.29. The van der Waals surface area contributed by atoms with Crippen molar-refractivity contribution in [2.45, 2.75) is 33.0 Å². The van der Waals surface area contributed by atoms with Gasteiger partial charge in [0.15, 0.2) is 6.61 Å². The molecule has 0 radical (unpaired) electrons. The predicted octanol–water partition coefficient (Wildman–Crippen LogP) is 4.76. The second-order valence-corrected chi connectivity index (χ2v) is 6.69. The molecule has 0 bridgehead atoms. The van der Waals surface area contributed by atoms with Gasteiger partial charge in [-0.15, -0.1) is 0 Å². The Morgan fingerprint density at radius 1 is 1.07 bits per heavy atom. The number of hydrogen-bond donors (Lipinski definition) is 1. The van der Waals surface area contributed by atoms with E-state index in [1.807, 2.05) is 39.0 Å². The number of halogens is 3. The van der Waals surface area contributed by atoms with Crippen LogP contribution in [0.5, 0.6) is 0 Å². The van der Waals surface area contributed by atoms with Gasteiger partial charge < -0.3 is 10.1 Å². The third-order valence-electron chi connectivity index (χ3n) is 4.40. The molecule has 0 spiro atoms. The maximum Gasteiger partial charge on any atom is 0.416 e. The molecule has 2 aromatic carbocycles. The maximum absolute atomic E-state index is 12.5. The molecule has 0 saturated carbocycles. The van der Waals surface area contributed by atoms with Gasteiger partial charge in [-0.25, -0.2) is 4.79 Å². The zero-order chi connectivity index (χ0) is 21.6. The van der Waals surface area contributed by atoms with Crippen molar-refractivity contribution in [3.63, 3.8) is 0 Å². The van der Waals surface area contributed by atoms with Crippen LogP contribution in [-0.2, 0) is 20.5 Å². The second kappa shape index (κ2) is 9.41. The summed E-state index contributed by atoms with van der Waals surface area (Å²) in [7, 11) is 0. The molecule has 0 aliphatic rings. The van der Waals surface area contributed by atoms with Crippen molar-refractivity contribution in [3.05, 3.63) is 76.4 Å². The number of nitrogens with one attached hydrogen (secondary N) is 1. The number of aryl methyl sites for hydroxylation is 2. The summed E-state index contributed by atoms with van der Waals surface area (Å²) < 4.78 is 42.4. The Bertz CT molecular complexity index is 903. The van der Waals surface area contributed by atoms with Crippen molar-refractivity contribution >= 4 is 18.0 Å². The lowest BCUT2D eigenvalue weighted by Gasteiger charge is -2.15. The second-order valence-electron chi connectivity index (χ2n) is 6.69. The first-order chi connectivity index (χ1) is 13.6. The van der Waals surface area contributed by atoms with Crippen molar-refractivity contribution in [3.8, 4) is 0 Å². The molecule has 0 saturated heterocycles. The fourth-order valence-electron chi connectivity index (χ4n) is 2.53. The van der Waals surface area contributed by atoms with Crippen LogP contribution in [0.1, 0.15) is 40.8 Å². The van der Waals surface area contributed by atoms with Crippen molar-refractivity contribution in [2.24, 2.45) is 0 Å². The standard InChI is InChI=1S/C22H22F3NO3/c1-14-4-8-18(12-15(14)2)16(3)26-20(27)13-29-21(28)11-7-17-5-9-19(10-6-17)22(23,24)25/h4-12,16H,13H2,1-3H3,(H,26,27)/b11-7+/t16-/m1/s1. The lowest BCUT2D eigenvalue weighted by molar-refractivity contribution is -0.144. The molecule has 1 N–H and O–H groups in total. The van der Waals surface area contributed by atoms with Crippen LogP contribution in [0.3, 0.4) is 0 Å². The van der Waals surface area contributed by atoms with E-state index in [0.717, 1.165) is 34.9 Å². The highest BCUT2D eigenvalue weighted by molar-refractivity contribution is 5.89. The number of ether oxygens (including phenoxy) is 1. The van der Waals surface area contributed by atoms with E-state index in [4.69, 9.17) is 4.74 Å². The smallest absolute Gasteiger partial charge is 0.416 e. The lowest BCUT2D eigenvalue weighted by Crippen LogP contribution is -2.31. The summed E-state index contributed by atoms with van der Waals surface area (Å²) >= 11 is 0. The lowest BCUT2D eigenvalue weighted by atomic mass is 10.0. The summed E-state index contributed by atoms with van der Waals surface area (Å²) in [5, 5.41) is 2.75. The Morgan fingerprint density at radius 3 is 2.31 bits per heavy atom. The van der Waals surface area contributed by atoms with Crippen LogP contribution < -0.4 is 5.32 Å². The van der Waals surface area contributed by atoms with E-state index in [0.29, 0.717) is 5.56 Å². The highest BCUT2D eigenvalue weighted by Crippen LogP contribution is 2.29. The van der Waals surface area contributed by atoms with E-state index in [2.05, 4.69) is 5.32 Å². The minimum Gasteiger partial charge on any atom is -0.452 e. The molecule has 0 heterocycles. The molecular weight excluding hydrogens is 383 g/mol. The molecule has 0 aliphatic heterocycles. The largest absolute Gasteiger partial charge is 0.452 e. The van der Waals surface area contributed by atoms with E-state index in [-0.39, 0.29) is 6.04 Å². The van der Waals surface area contributed by atoms with Crippen LogP contribution in [-0.4, -0.2) is 18.5 Å². The third-order valence-corrected chi connectivity index (χ3v) is 4.40. The molecule has 0 fully saturated rings. The molecule has 0 aromatic heterocycles. The number of carbonyl (C=O) groups excluding carboxylic acids is 2. The van der Waals surface area contributed by atoms with E-state index in [9.17, 15) is 22.8 Å². The van der Waals surface area contributed by atoms with Crippen molar-refractivity contribution in [2.75, 3.05) is 6.61 Å². The number of hydrogen-bond acceptors (Lipinski definition) is 3. The summed E-state index contributed by atoms with van der Waals surface area (Å²) in [6, 6.07) is 9.96. The van der Waals surface area contributed by atoms with Crippen LogP contribution in [0.2, 0.25) is 0 Å². The van der Waals surface area contributed by atoms with Crippen LogP contribution in [0.25, 0.3) is 6.08 Å². The summed E-state index contributed by atoms with van der Waals surface area (Å²) in [5.74, 6) is -1.22. The average Bonchev–Trinajstić information content (AvgIpc) is 2.66. The molecule has 2 aromatic rings. The summed E-state index contributed by atoms with van der Waals surface area (Å²) in [6.07, 6.45) is -2.04. The summed E-state index contributed by atoms with van der Waals surface area (Å²) in [5.41, 5.74) is 2.84. The zero-order valence-corrected chi connectivity index (χ0v) is 16.3.